The van der Waals surface area contributed by atoms with Crippen LogP contribution in [0.5, 0.6) is 0 Å². The second-order valence-corrected chi connectivity index (χ2v) is 8.04. The first-order valence-corrected chi connectivity index (χ1v) is 10.5. The molecule has 0 saturated carbocycles. The number of nitrogens with one attached hydrogen (secondary N) is 1. The number of carboxylic acid groups (broad SMARTS) is 1. The summed E-state index contributed by atoms with van der Waals surface area (Å²) in [5, 5.41) is 12.1. The number of rotatable bonds is 7. The van der Waals surface area contributed by atoms with Gasteiger partial charge in [0.25, 0.3) is 0 Å². The number of carbonyl (C=O) groups excluding carboxylic acids is 2. The molecule has 7 nitrogen and oxygen atoms in total. The molecule has 2 amide bonds. The number of aliphatic carboxylic acids is 1. The predicted molar refractivity (Wildman–Crippen MR) is 114 cm³/mol. The van der Waals surface area contributed by atoms with Gasteiger partial charge in [-0.3, -0.25) is 9.69 Å². The zero-order valence-electron chi connectivity index (χ0n) is 16.3. The van der Waals surface area contributed by atoms with Crippen LogP contribution in [-0.4, -0.2) is 46.6 Å². The normalized spacial score (nSPS) is 16.7. The Labute approximate surface area is 183 Å². The number of carboxylic acids is 1. The van der Waals surface area contributed by atoms with Gasteiger partial charge in [-0.15, -0.1) is 0 Å². The van der Waals surface area contributed by atoms with Gasteiger partial charge in [0.15, 0.2) is 0 Å². The van der Waals surface area contributed by atoms with E-state index < -0.39 is 30.1 Å². The zero-order valence-corrected chi connectivity index (χ0v) is 17.9. The van der Waals surface area contributed by atoms with E-state index >= 15 is 0 Å². The van der Waals surface area contributed by atoms with Crippen LogP contribution in [0.1, 0.15) is 24.0 Å². The molecule has 0 bridgehead atoms. The Morgan fingerprint density at radius 1 is 1.10 bits per heavy atom. The fraction of sp³-hybridized carbons (Fsp3) is 0.318. The molecule has 0 unspecified atom stereocenters. The summed E-state index contributed by atoms with van der Waals surface area (Å²) in [7, 11) is 0. The molecule has 1 aliphatic rings. The van der Waals surface area contributed by atoms with Crippen LogP contribution < -0.4 is 5.32 Å². The second kappa shape index (κ2) is 10.2. The lowest BCUT2D eigenvalue weighted by Gasteiger charge is -2.25. The molecule has 1 heterocycles. The quantitative estimate of drug-likeness (QED) is 0.641. The van der Waals surface area contributed by atoms with E-state index in [0.29, 0.717) is 19.4 Å². The number of hydrogen-bond donors (Lipinski definition) is 2. The summed E-state index contributed by atoms with van der Waals surface area (Å²) < 4.78 is 6.22. The fourth-order valence-corrected chi connectivity index (χ4v) is 3.65. The van der Waals surface area contributed by atoms with Gasteiger partial charge in [0.05, 0.1) is 0 Å². The van der Waals surface area contributed by atoms with Crippen LogP contribution in [0.25, 0.3) is 0 Å². The molecular weight excluding hydrogens is 452 g/mol. The molecule has 30 heavy (non-hydrogen) atoms. The van der Waals surface area contributed by atoms with Gasteiger partial charge in [-0.05, 0) is 36.1 Å². The first-order valence-electron chi connectivity index (χ1n) is 9.69. The Bertz CT molecular complexity index is 888. The van der Waals surface area contributed by atoms with Gasteiger partial charge in [0, 0.05) is 17.4 Å². The highest BCUT2D eigenvalue weighted by Crippen LogP contribution is 2.20. The molecule has 1 saturated heterocycles. The summed E-state index contributed by atoms with van der Waals surface area (Å²) in [6.07, 6.45) is 0.704. The van der Waals surface area contributed by atoms with Crippen LogP contribution in [0.15, 0.2) is 59.1 Å². The first-order chi connectivity index (χ1) is 14.4. The third-order valence-electron chi connectivity index (χ3n) is 4.96. The average Bonchev–Trinajstić information content (AvgIpc) is 3.24. The van der Waals surface area contributed by atoms with Crippen LogP contribution in [-0.2, 0) is 27.4 Å². The summed E-state index contributed by atoms with van der Waals surface area (Å²) in [5.41, 5.74) is 1.64. The highest BCUT2D eigenvalue weighted by atomic mass is 79.9. The van der Waals surface area contributed by atoms with E-state index in [2.05, 4.69) is 21.2 Å². The van der Waals surface area contributed by atoms with Crippen LogP contribution >= 0.6 is 15.9 Å². The highest BCUT2D eigenvalue weighted by molar-refractivity contribution is 9.10. The Kier molecular flexibility index (Phi) is 7.46. The van der Waals surface area contributed by atoms with Crippen LogP contribution in [0.4, 0.5) is 4.79 Å². The molecule has 2 aromatic carbocycles. The Morgan fingerprint density at radius 2 is 1.80 bits per heavy atom. The van der Waals surface area contributed by atoms with Gasteiger partial charge >= 0.3 is 12.1 Å². The number of ether oxygens (including phenoxy) is 1. The Hall–Kier alpha value is -2.87. The van der Waals surface area contributed by atoms with Crippen molar-refractivity contribution < 1.29 is 24.2 Å². The monoisotopic (exact) mass is 474 g/mol. The van der Waals surface area contributed by atoms with Gasteiger partial charge in [-0.1, -0.05) is 58.4 Å². The van der Waals surface area contributed by atoms with E-state index in [1.807, 2.05) is 42.5 Å². The third kappa shape index (κ3) is 5.82. The van der Waals surface area contributed by atoms with Crippen LogP contribution in [0.2, 0.25) is 0 Å². The van der Waals surface area contributed by atoms with Crippen LogP contribution in [0, 0.1) is 0 Å². The average molecular weight is 475 g/mol. The Balaban J connectivity index is 1.59. The number of amides is 2. The van der Waals surface area contributed by atoms with Gasteiger partial charge in [-0.25, -0.2) is 9.59 Å². The summed E-state index contributed by atoms with van der Waals surface area (Å²) in [6.45, 7) is 0.516. The van der Waals surface area contributed by atoms with E-state index in [4.69, 9.17) is 4.74 Å². The number of carbonyl (C=O) groups is 3. The van der Waals surface area contributed by atoms with E-state index in [1.165, 1.54) is 4.90 Å². The van der Waals surface area contributed by atoms with Crippen molar-refractivity contribution in [2.75, 3.05) is 6.54 Å². The molecule has 0 spiro atoms. The van der Waals surface area contributed by atoms with Gasteiger partial charge < -0.3 is 15.2 Å². The summed E-state index contributed by atoms with van der Waals surface area (Å²) in [5.74, 6) is -1.60. The lowest BCUT2D eigenvalue weighted by molar-refractivity contribution is -0.142. The standard InChI is InChI=1S/C22H23BrN2O5/c23-17-10-8-15(9-11-17)13-18(21(27)28)24-20(26)19-7-4-12-25(19)22(29)30-14-16-5-2-1-3-6-16/h1-3,5-6,8-11,18-19H,4,7,12-14H2,(H,24,26)(H,27,28)/t18-,19-/m1/s1. The summed E-state index contributed by atoms with van der Waals surface area (Å²) >= 11 is 3.34. The molecule has 3 rings (SSSR count). The van der Waals surface area contributed by atoms with Crippen molar-refractivity contribution in [1.29, 1.82) is 0 Å². The molecule has 0 radical (unpaired) electrons. The van der Waals surface area contributed by atoms with Gasteiger partial charge in [-0.2, -0.15) is 0 Å². The molecular formula is C22H23BrN2O5. The maximum absolute atomic E-state index is 12.8. The van der Waals surface area contributed by atoms with Crippen molar-refractivity contribution in [2.45, 2.75) is 38.0 Å². The number of hydrogen-bond acceptors (Lipinski definition) is 4. The largest absolute Gasteiger partial charge is 0.480 e. The highest BCUT2D eigenvalue weighted by Gasteiger charge is 2.36. The van der Waals surface area contributed by atoms with Gasteiger partial charge in [0.1, 0.15) is 18.7 Å². The van der Waals surface area contributed by atoms with E-state index in [-0.39, 0.29) is 13.0 Å². The molecule has 0 aromatic heterocycles. The number of likely N-dealkylation sites (tertiary alicyclic amines) is 1. The topological polar surface area (TPSA) is 95.9 Å². The molecule has 2 atom stereocenters. The lowest BCUT2D eigenvalue weighted by Crippen LogP contribution is -2.51. The van der Waals surface area contributed by atoms with E-state index in [1.54, 1.807) is 12.1 Å². The minimum Gasteiger partial charge on any atom is -0.480 e. The second-order valence-electron chi connectivity index (χ2n) is 7.12. The smallest absolute Gasteiger partial charge is 0.410 e. The lowest BCUT2D eigenvalue weighted by atomic mass is 10.1. The zero-order chi connectivity index (χ0) is 21.5. The molecule has 0 aliphatic carbocycles. The minimum absolute atomic E-state index is 0.117. The van der Waals surface area contributed by atoms with Gasteiger partial charge in [0.2, 0.25) is 5.91 Å². The van der Waals surface area contributed by atoms with Crippen molar-refractivity contribution in [1.82, 2.24) is 10.2 Å². The molecule has 2 N–H and O–H groups in total. The fourth-order valence-electron chi connectivity index (χ4n) is 3.38. The van der Waals surface area contributed by atoms with E-state index in [0.717, 1.165) is 15.6 Å². The van der Waals surface area contributed by atoms with Crippen molar-refractivity contribution in [3.63, 3.8) is 0 Å². The molecule has 8 heteroatoms. The molecule has 2 aromatic rings. The minimum atomic E-state index is -1.12. The molecule has 1 fully saturated rings. The van der Waals surface area contributed by atoms with Crippen LogP contribution in [0.3, 0.4) is 0 Å². The maximum Gasteiger partial charge on any atom is 0.410 e. The third-order valence-corrected chi connectivity index (χ3v) is 5.49. The predicted octanol–water partition coefficient (Wildman–Crippen LogP) is 3.36. The first kappa shape index (κ1) is 21.8. The number of nitrogens with zero attached hydrogens (tertiary/aromatic N) is 1. The van der Waals surface area contributed by atoms with Crippen molar-refractivity contribution in [3.8, 4) is 0 Å². The SMILES string of the molecule is O=C(N[C@H](Cc1ccc(Br)cc1)C(=O)O)[C@H]1CCCN1C(=O)OCc1ccccc1. The molecule has 1 aliphatic heterocycles. The summed E-state index contributed by atoms with van der Waals surface area (Å²) in [4.78, 5) is 38.3. The maximum atomic E-state index is 12.8. The summed E-state index contributed by atoms with van der Waals surface area (Å²) in [6, 6.07) is 14.7. The molecule has 158 valence electrons. The number of benzene rings is 2. The Morgan fingerprint density at radius 3 is 2.47 bits per heavy atom. The van der Waals surface area contributed by atoms with Crippen molar-refractivity contribution in [3.05, 3.63) is 70.2 Å². The van der Waals surface area contributed by atoms with Crippen molar-refractivity contribution in [2.24, 2.45) is 0 Å². The van der Waals surface area contributed by atoms with E-state index in [9.17, 15) is 19.5 Å². The number of halogens is 1. The van der Waals surface area contributed by atoms with Crippen molar-refractivity contribution >= 4 is 33.9 Å².